The van der Waals surface area contributed by atoms with Crippen LogP contribution in [0.1, 0.15) is 40.6 Å². The second kappa shape index (κ2) is 10.2. The van der Waals surface area contributed by atoms with Gasteiger partial charge in [-0.3, -0.25) is 4.99 Å². The molecule has 0 aromatic heterocycles. The lowest BCUT2D eigenvalue weighted by Gasteiger charge is -2.37. The molecule has 0 saturated carbocycles. The Kier molecular flexibility index (Phi) is 6.44. The summed E-state index contributed by atoms with van der Waals surface area (Å²) in [5.74, 6) is 1.86. The van der Waals surface area contributed by atoms with E-state index in [-0.39, 0.29) is 0 Å². The summed E-state index contributed by atoms with van der Waals surface area (Å²) in [6.45, 7) is 0.540. The number of hydrogen-bond acceptors (Lipinski definition) is 3. The van der Waals surface area contributed by atoms with Gasteiger partial charge in [0, 0.05) is 17.8 Å². The molecular weight excluding hydrogens is 508 g/mol. The van der Waals surface area contributed by atoms with Crippen LogP contribution < -0.4 is 10.1 Å². The molecule has 1 heterocycles. The summed E-state index contributed by atoms with van der Waals surface area (Å²) < 4.78 is 6.88. The fourth-order valence-electron chi connectivity index (χ4n) is 5.24. The van der Waals surface area contributed by atoms with Crippen molar-refractivity contribution in [3.8, 4) is 5.75 Å². The van der Waals surface area contributed by atoms with Crippen LogP contribution in [-0.4, -0.2) is 6.21 Å². The Hall–Kier alpha value is -3.63. The summed E-state index contributed by atoms with van der Waals surface area (Å²) in [7, 11) is 0. The number of rotatable bonds is 6. The highest BCUT2D eigenvalue weighted by atomic mass is 79.9. The number of aliphatic imine (C=N–C) groups is 1. The second-order valence-corrected chi connectivity index (χ2v) is 10.2. The summed E-state index contributed by atoms with van der Waals surface area (Å²) in [5, 5.41) is 3.80. The van der Waals surface area contributed by atoms with E-state index in [1.807, 2.05) is 42.6 Å². The van der Waals surface area contributed by atoms with Gasteiger partial charge >= 0.3 is 0 Å². The third-order valence-electron chi connectivity index (χ3n) is 7.08. The number of halogens is 1. The minimum absolute atomic E-state index is 0.303. The maximum Gasteiger partial charge on any atom is 0.134 e. The number of benzene rings is 4. The SMILES string of the molecule is Brc1cc(C=Nc2ccc([C@@H]3Nc4ccccc4[C@H]4C=CC[C@H]43)cc2)ccc1OCc1ccccc1. The van der Waals surface area contributed by atoms with Crippen LogP contribution in [0, 0.1) is 5.92 Å². The zero-order valence-electron chi connectivity index (χ0n) is 19.8. The minimum Gasteiger partial charge on any atom is -0.488 e. The topological polar surface area (TPSA) is 33.6 Å². The Morgan fingerprint density at radius 2 is 1.72 bits per heavy atom. The highest BCUT2D eigenvalue weighted by Crippen LogP contribution is 2.49. The Morgan fingerprint density at radius 3 is 2.56 bits per heavy atom. The van der Waals surface area contributed by atoms with Crippen LogP contribution in [-0.2, 0) is 6.61 Å². The van der Waals surface area contributed by atoms with Crippen molar-refractivity contribution < 1.29 is 4.74 Å². The number of allylic oxidation sites excluding steroid dienone is 2. The molecule has 4 aromatic carbocycles. The van der Waals surface area contributed by atoms with Gasteiger partial charge in [0.15, 0.2) is 0 Å². The maximum absolute atomic E-state index is 5.96. The van der Waals surface area contributed by atoms with Crippen molar-refractivity contribution in [1.82, 2.24) is 0 Å². The standard InChI is InChI=1S/C32H27BrN2O/c33-29-19-23(13-18-31(29)36-21-22-7-2-1-3-8-22)20-34-25-16-14-24(15-17-25)32-28-11-6-10-26(28)27-9-4-5-12-30(27)35-32/h1-10,12-20,26,28,32,35H,11,21H2/t26-,28-,32+/m1/s1. The molecule has 0 radical (unpaired) electrons. The predicted octanol–water partition coefficient (Wildman–Crippen LogP) is 8.61. The third-order valence-corrected chi connectivity index (χ3v) is 7.70. The van der Waals surface area contributed by atoms with E-state index in [0.29, 0.717) is 24.5 Å². The Bertz CT molecular complexity index is 1410. The molecule has 2 aliphatic rings. The van der Waals surface area contributed by atoms with Crippen LogP contribution in [0.15, 0.2) is 119 Å². The van der Waals surface area contributed by atoms with Crippen LogP contribution in [0.3, 0.4) is 0 Å². The molecule has 4 aromatic rings. The van der Waals surface area contributed by atoms with E-state index in [4.69, 9.17) is 9.73 Å². The van der Waals surface area contributed by atoms with Crippen molar-refractivity contribution in [2.75, 3.05) is 5.32 Å². The van der Waals surface area contributed by atoms with E-state index in [0.717, 1.165) is 33.5 Å². The molecule has 0 unspecified atom stereocenters. The molecule has 4 heteroatoms. The molecule has 178 valence electrons. The van der Waals surface area contributed by atoms with E-state index in [1.165, 1.54) is 16.8 Å². The van der Waals surface area contributed by atoms with E-state index >= 15 is 0 Å². The van der Waals surface area contributed by atoms with Crippen molar-refractivity contribution in [2.45, 2.75) is 25.0 Å². The quantitative estimate of drug-likeness (QED) is 0.198. The van der Waals surface area contributed by atoms with Crippen LogP contribution in [0.4, 0.5) is 11.4 Å². The molecule has 36 heavy (non-hydrogen) atoms. The van der Waals surface area contributed by atoms with Crippen molar-refractivity contribution in [3.63, 3.8) is 0 Å². The van der Waals surface area contributed by atoms with Gasteiger partial charge in [0.1, 0.15) is 12.4 Å². The van der Waals surface area contributed by atoms with Gasteiger partial charge in [-0.05, 0) is 86.9 Å². The first-order chi connectivity index (χ1) is 17.7. The zero-order valence-corrected chi connectivity index (χ0v) is 21.4. The van der Waals surface area contributed by atoms with E-state index in [1.54, 1.807) is 0 Å². The second-order valence-electron chi connectivity index (χ2n) is 9.38. The molecule has 1 aliphatic carbocycles. The lowest BCUT2D eigenvalue weighted by atomic mass is 9.77. The summed E-state index contributed by atoms with van der Waals surface area (Å²) in [6, 6.07) is 33.9. The molecule has 6 rings (SSSR count). The molecule has 0 spiro atoms. The Balaban J connectivity index is 1.13. The predicted molar refractivity (Wildman–Crippen MR) is 151 cm³/mol. The van der Waals surface area contributed by atoms with E-state index in [2.05, 4.69) is 94.1 Å². The summed E-state index contributed by atoms with van der Waals surface area (Å²) in [6.07, 6.45) is 7.72. The van der Waals surface area contributed by atoms with Crippen molar-refractivity contribution >= 4 is 33.5 Å². The number of anilines is 1. The molecule has 1 N–H and O–H groups in total. The Labute approximate surface area is 220 Å². The summed E-state index contributed by atoms with van der Waals surface area (Å²) in [4.78, 5) is 4.71. The highest BCUT2D eigenvalue weighted by molar-refractivity contribution is 9.10. The van der Waals surface area contributed by atoms with Crippen LogP contribution in [0.5, 0.6) is 5.75 Å². The molecule has 3 nitrogen and oxygen atoms in total. The summed E-state index contributed by atoms with van der Waals surface area (Å²) in [5.41, 5.74) is 7.08. The van der Waals surface area contributed by atoms with E-state index in [9.17, 15) is 0 Å². The molecule has 0 fully saturated rings. The zero-order chi connectivity index (χ0) is 24.3. The van der Waals surface area contributed by atoms with Gasteiger partial charge in [-0.25, -0.2) is 0 Å². The molecular formula is C32H27BrN2O. The number of para-hydroxylation sites is 1. The number of nitrogens with zero attached hydrogens (tertiary/aromatic N) is 1. The van der Waals surface area contributed by atoms with Crippen LogP contribution in [0.25, 0.3) is 0 Å². The van der Waals surface area contributed by atoms with Gasteiger partial charge in [0.25, 0.3) is 0 Å². The van der Waals surface area contributed by atoms with E-state index < -0.39 is 0 Å². The molecule has 3 atom stereocenters. The maximum atomic E-state index is 5.96. The number of ether oxygens (including phenoxy) is 1. The molecule has 0 amide bonds. The van der Waals surface area contributed by atoms with Crippen LogP contribution in [0.2, 0.25) is 0 Å². The number of fused-ring (bicyclic) bond motifs is 3. The highest BCUT2D eigenvalue weighted by Gasteiger charge is 2.37. The van der Waals surface area contributed by atoms with Gasteiger partial charge in [-0.1, -0.05) is 72.8 Å². The smallest absolute Gasteiger partial charge is 0.134 e. The van der Waals surface area contributed by atoms with Gasteiger partial charge < -0.3 is 10.1 Å². The van der Waals surface area contributed by atoms with Gasteiger partial charge in [0.05, 0.1) is 16.2 Å². The summed E-state index contributed by atoms with van der Waals surface area (Å²) >= 11 is 3.64. The first kappa shape index (κ1) is 22.8. The Morgan fingerprint density at radius 1 is 0.917 bits per heavy atom. The lowest BCUT2D eigenvalue weighted by molar-refractivity contribution is 0.304. The largest absolute Gasteiger partial charge is 0.488 e. The first-order valence-corrected chi connectivity index (χ1v) is 13.2. The average molecular weight is 535 g/mol. The fourth-order valence-corrected chi connectivity index (χ4v) is 5.75. The monoisotopic (exact) mass is 534 g/mol. The van der Waals surface area contributed by atoms with Crippen LogP contribution >= 0.6 is 15.9 Å². The van der Waals surface area contributed by atoms with Gasteiger partial charge in [-0.2, -0.15) is 0 Å². The van der Waals surface area contributed by atoms with Crippen molar-refractivity contribution in [3.05, 3.63) is 136 Å². The first-order valence-electron chi connectivity index (χ1n) is 12.4. The lowest BCUT2D eigenvalue weighted by Crippen LogP contribution is -2.28. The van der Waals surface area contributed by atoms with Crippen molar-refractivity contribution in [1.29, 1.82) is 0 Å². The van der Waals surface area contributed by atoms with Crippen molar-refractivity contribution in [2.24, 2.45) is 10.9 Å². The molecule has 1 aliphatic heterocycles. The third kappa shape index (κ3) is 4.74. The normalized spacial score (nSPS) is 20.1. The molecule has 0 bridgehead atoms. The fraction of sp³-hybridized carbons (Fsp3) is 0.156. The minimum atomic E-state index is 0.303. The number of nitrogens with one attached hydrogen (secondary N) is 1. The molecule has 0 saturated heterocycles. The number of hydrogen-bond donors (Lipinski definition) is 1. The van der Waals surface area contributed by atoms with Gasteiger partial charge in [-0.15, -0.1) is 0 Å². The van der Waals surface area contributed by atoms with Gasteiger partial charge in [0.2, 0.25) is 0 Å². The average Bonchev–Trinajstić information content (AvgIpc) is 3.42.